The third-order valence-corrected chi connectivity index (χ3v) is 9.65. The molecule has 2 fully saturated rings. The third kappa shape index (κ3) is 5.01. The predicted molar refractivity (Wildman–Crippen MR) is 125 cm³/mol. The standard InChI is InChI=1S/C23H31N3O4S2/c1-30-19-11-9-18(10-12-19)21(25-13-3-2-4-14-25)17-24-23(27)20-7-5-15-26(20)32(28,29)22-8-6-16-31-22/h6,8-12,16,20-21H,2-5,7,13-15,17H2,1H3,(H,24,27). The third-order valence-electron chi connectivity index (χ3n) is 6.37. The Morgan fingerprint density at radius 3 is 2.53 bits per heavy atom. The van der Waals surface area contributed by atoms with Crippen LogP contribution in [0.3, 0.4) is 0 Å². The van der Waals surface area contributed by atoms with E-state index in [2.05, 4.69) is 10.2 Å². The average molecular weight is 478 g/mol. The topological polar surface area (TPSA) is 79.0 Å². The van der Waals surface area contributed by atoms with Crippen molar-refractivity contribution in [2.24, 2.45) is 0 Å². The van der Waals surface area contributed by atoms with Gasteiger partial charge in [-0.15, -0.1) is 11.3 Å². The first-order valence-corrected chi connectivity index (χ1v) is 13.5. The summed E-state index contributed by atoms with van der Waals surface area (Å²) in [6.07, 6.45) is 4.77. The van der Waals surface area contributed by atoms with E-state index in [4.69, 9.17) is 4.74 Å². The Morgan fingerprint density at radius 2 is 1.88 bits per heavy atom. The predicted octanol–water partition coefficient (Wildman–Crippen LogP) is 3.25. The molecule has 2 aromatic rings. The van der Waals surface area contributed by atoms with E-state index < -0.39 is 16.1 Å². The lowest BCUT2D eigenvalue weighted by atomic mass is 10.0. The van der Waals surface area contributed by atoms with Crippen LogP contribution in [0.15, 0.2) is 46.0 Å². The highest BCUT2D eigenvalue weighted by atomic mass is 32.2. The van der Waals surface area contributed by atoms with E-state index in [1.807, 2.05) is 24.3 Å². The molecule has 32 heavy (non-hydrogen) atoms. The molecular formula is C23H31N3O4S2. The zero-order chi connectivity index (χ0) is 22.6. The SMILES string of the molecule is COc1ccc(C(CNC(=O)C2CCCN2S(=O)(=O)c2cccs2)N2CCCCC2)cc1. The van der Waals surface area contributed by atoms with Crippen molar-refractivity contribution in [3.05, 3.63) is 47.3 Å². The number of rotatable bonds is 8. The maximum absolute atomic E-state index is 13.1. The number of amides is 1. The van der Waals surface area contributed by atoms with Gasteiger partial charge in [-0.05, 0) is 67.9 Å². The normalized spacial score (nSPS) is 21.3. The number of thiophene rings is 1. The highest BCUT2D eigenvalue weighted by molar-refractivity contribution is 7.91. The molecule has 2 aliphatic heterocycles. The van der Waals surface area contributed by atoms with E-state index in [1.54, 1.807) is 24.6 Å². The number of likely N-dealkylation sites (tertiary alicyclic amines) is 1. The van der Waals surface area contributed by atoms with Gasteiger partial charge in [-0.3, -0.25) is 9.69 Å². The summed E-state index contributed by atoms with van der Waals surface area (Å²) >= 11 is 1.19. The Bertz CT molecular complexity index is 987. The average Bonchev–Trinajstić information content (AvgIpc) is 3.53. The van der Waals surface area contributed by atoms with E-state index in [1.165, 1.54) is 22.1 Å². The molecule has 1 N–H and O–H groups in total. The molecule has 0 radical (unpaired) electrons. The van der Waals surface area contributed by atoms with Crippen LogP contribution in [0.1, 0.15) is 43.7 Å². The molecule has 2 atom stereocenters. The zero-order valence-electron chi connectivity index (χ0n) is 18.4. The second-order valence-corrected chi connectivity index (χ2v) is 11.4. The Kier molecular flexibility index (Phi) is 7.50. The summed E-state index contributed by atoms with van der Waals surface area (Å²) in [6.45, 7) is 2.82. The first-order chi connectivity index (χ1) is 15.5. The number of benzene rings is 1. The molecule has 0 aliphatic carbocycles. The van der Waals surface area contributed by atoms with Crippen LogP contribution >= 0.6 is 11.3 Å². The van der Waals surface area contributed by atoms with Gasteiger partial charge in [-0.2, -0.15) is 4.31 Å². The van der Waals surface area contributed by atoms with E-state index in [9.17, 15) is 13.2 Å². The van der Waals surface area contributed by atoms with E-state index >= 15 is 0 Å². The molecule has 7 nitrogen and oxygen atoms in total. The zero-order valence-corrected chi connectivity index (χ0v) is 20.0. The van der Waals surface area contributed by atoms with Crippen molar-refractivity contribution >= 4 is 27.3 Å². The maximum atomic E-state index is 13.1. The quantitative estimate of drug-likeness (QED) is 0.631. The molecule has 1 aromatic carbocycles. The van der Waals surface area contributed by atoms with Gasteiger partial charge < -0.3 is 10.1 Å². The number of methoxy groups -OCH3 is 1. The van der Waals surface area contributed by atoms with Gasteiger partial charge in [0.15, 0.2) is 0 Å². The monoisotopic (exact) mass is 477 g/mol. The molecule has 4 rings (SSSR count). The van der Waals surface area contributed by atoms with E-state index in [0.29, 0.717) is 30.1 Å². The van der Waals surface area contributed by atoms with Crippen LogP contribution in [0.5, 0.6) is 5.75 Å². The van der Waals surface area contributed by atoms with Crippen molar-refractivity contribution < 1.29 is 17.9 Å². The highest BCUT2D eigenvalue weighted by Gasteiger charge is 2.40. The highest BCUT2D eigenvalue weighted by Crippen LogP contribution is 2.29. The number of nitrogens with zero attached hydrogens (tertiary/aromatic N) is 2. The molecule has 1 aromatic heterocycles. The van der Waals surface area contributed by atoms with Crippen LogP contribution in [0.4, 0.5) is 0 Å². The lowest BCUT2D eigenvalue weighted by Gasteiger charge is -2.35. The molecule has 174 valence electrons. The Hall–Kier alpha value is -1.94. The van der Waals surface area contributed by atoms with Crippen molar-refractivity contribution in [2.75, 3.05) is 33.3 Å². The molecule has 2 saturated heterocycles. The minimum Gasteiger partial charge on any atom is -0.497 e. The van der Waals surface area contributed by atoms with Crippen LogP contribution in [-0.2, 0) is 14.8 Å². The number of nitrogens with one attached hydrogen (secondary N) is 1. The van der Waals surface area contributed by atoms with Crippen molar-refractivity contribution in [3.63, 3.8) is 0 Å². The molecule has 3 heterocycles. The van der Waals surface area contributed by atoms with Crippen LogP contribution in [0.2, 0.25) is 0 Å². The maximum Gasteiger partial charge on any atom is 0.253 e. The minimum absolute atomic E-state index is 0.0499. The van der Waals surface area contributed by atoms with Crippen LogP contribution < -0.4 is 10.1 Å². The molecule has 0 spiro atoms. The number of piperidine rings is 1. The smallest absolute Gasteiger partial charge is 0.253 e. The molecule has 1 amide bonds. The fourth-order valence-electron chi connectivity index (χ4n) is 4.64. The Balaban J connectivity index is 1.47. The second kappa shape index (κ2) is 10.3. The van der Waals surface area contributed by atoms with Gasteiger partial charge >= 0.3 is 0 Å². The minimum atomic E-state index is -3.64. The van der Waals surface area contributed by atoms with Crippen molar-refractivity contribution in [1.82, 2.24) is 14.5 Å². The van der Waals surface area contributed by atoms with Crippen LogP contribution in [0.25, 0.3) is 0 Å². The van der Waals surface area contributed by atoms with Gasteiger partial charge in [0.05, 0.1) is 13.2 Å². The number of hydrogen-bond acceptors (Lipinski definition) is 6. The molecule has 0 saturated carbocycles. The molecular weight excluding hydrogens is 446 g/mol. The molecule has 9 heteroatoms. The van der Waals surface area contributed by atoms with Crippen molar-refractivity contribution in [3.8, 4) is 5.75 Å². The number of sulfonamides is 1. The molecule has 2 aliphatic rings. The van der Waals surface area contributed by atoms with Gasteiger partial charge in [0, 0.05) is 13.1 Å². The fraction of sp³-hybridized carbons (Fsp3) is 0.522. The fourth-order valence-corrected chi connectivity index (χ4v) is 7.42. The van der Waals surface area contributed by atoms with Gasteiger partial charge in [-0.25, -0.2) is 8.42 Å². The number of ether oxygens (including phenoxy) is 1. The Labute approximate surface area is 194 Å². The van der Waals surface area contributed by atoms with Crippen molar-refractivity contribution in [2.45, 2.75) is 48.4 Å². The Morgan fingerprint density at radius 1 is 1.12 bits per heavy atom. The summed E-state index contributed by atoms with van der Waals surface area (Å²) in [5.74, 6) is 0.591. The molecule has 0 bridgehead atoms. The van der Waals surface area contributed by atoms with E-state index in [0.717, 1.165) is 37.2 Å². The first kappa shape index (κ1) is 23.2. The van der Waals surface area contributed by atoms with E-state index in [-0.39, 0.29) is 11.9 Å². The summed E-state index contributed by atoms with van der Waals surface area (Å²) in [5.41, 5.74) is 1.13. The first-order valence-electron chi connectivity index (χ1n) is 11.2. The number of carbonyl (C=O) groups excluding carboxylic acids is 1. The molecule has 2 unspecified atom stereocenters. The second-order valence-electron chi connectivity index (χ2n) is 8.34. The lowest BCUT2D eigenvalue weighted by Crippen LogP contribution is -2.48. The number of hydrogen-bond donors (Lipinski definition) is 1. The van der Waals surface area contributed by atoms with Crippen LogP contribution in [0, 0.1) is 0 Å². The summed E-state index contributed by atoms with van der Waals surface area (Å²) in [5, 5.41) is 4.83. The number of carbonyl (C=O) groups is 1. The summed E-state index contributed by atoms with van der Waals surface area (Å²) < 4.78 is 33.0. The summed E-state index contributed by atoms with van der Waals surface area (Å²) in [6, 6.07) is 10.7. The summed E-state index contributed by atoms with van der Waals surface area (Å²) in [4.78, 5) is 15.6. The van der Waals surface area contributed by atoms with Gasteiger partial charge in [0.2, 0.25) is 5.91 Å². The van der Waals surface area contributed by atoms with Gasteiger partial charge in [-0.1, -0.05) is 24.6 Å². The van der Waals surface area contributed by atoms with Gasteiger partial charge in [0.25, 0.3) is 10.0 Å². The largest absolute Gasteiger partial charge is 0.497 e. The summed E-state index contributed by atoms with van der Waals surface area (Å²) in [7, 11) is -1.99. The lowest BCUT2D eigenvalue weighted by molar-refractivity contribution is -0.124. The van der Waals surface area contributed by atoms with Crippen molar-refractivity contribution in [1.29, 1.82) is 0 Å². The van der Waals surface area contributed by atoms with Crippen LogP contribution in [-0.4, -0.2) is 62.9 Å². The van der Waals surface area contributed by atoms with Gasteiger partial charge in [0.1, 0.15) is 16.0 Å².